The molecule has 0 aromatic heterocycles. The van der Waals surface area contributed by atoms with E-state index in [4.69, 9.17) is 28.6 Å². The number of alkyl halides is 3. The zero-order chi connectivity index (χ0) is 11.6. The average molecular weight is 256 g/mol. The zero-order valence-electron chi connectivity index (χ0n) is 7.15. The van der Waals surface area contributed by atoms with Crippen LogP contribution in [-0.4, -0.2) is 6.18 Å². The molecule has 0 spiro atoms. The van der Waals surface area contributed by atoms with Gasteiger partial charge in [-0.25, -0.2) is 0 Å². The molecular weight excluding hydrogens is 252 g/mol. The topological polar surface area (TPSA) is 28.1 Å². The smallest absolute Gasteiger partial charge is 0.171 e. The van der Waals surface area contributed by atoms with Gasteiger partial charge >= 0.3 is 11.9 Å². The van der Waals surface area contributed by atoms with Gasteiger partial charge in [0.25, 0.3) is 0 Å². The van der Waals surface area contributed by atoms with Crippen molar-refractivity contribution >= 4 is 28.9 Å². The maximum absolute atomic E-state index is 12.0. The monoisotopic (exact) mass is 255 g/mol. The molecule has 0 aliphatic rings. The van der Waals surface area contributed by atoms with E-state index in [0.717, 1.165) is 12.1 Å². The highest BCUT2D eigenvalue weighted by atomic mass is 35.5. The predicted octanol–water partition coefficient (Wildman–Crippen LogP) is 4.58. The van der Waals surface area contributed by atoms with Gasteiger partial charge in [-0.15, -0.1) is 0 Å². The Morgan fingerprint density at radius 3 is 2.00 bits per heavy atom. The summed E-state index contributed by atoms with van der Waals surface area (Å²) < 4.78 is 36.1. The highest BCUT2D eigenvalue weighted by Gasteiger charge is 2.29. The summed E-state index contributed by atoms with van der Waals surface area (Å²) in [7, 11) is 0. The summed E-state index contributed by atoms with van der Waals surface area (Å²) in [5.41, 5.74) is -0.214. The molecule has 1 aromatic carbocycles. The Bertz CT molecular complexity index is 400. The molecule has 0 atom stereocenters. The van der Waals surface area contributed by atoms with Crippen LogP contribution in [0.1, 0.15) is 5.56 Å². The van der Waals surface area contributed by atoms with Crippen LogP contribution in [0.5, 0.6) is 0 Å². The summed E-state index contributed by atoms with van der Waals surface area (Å²) in [6.45, 7) is 0. The summed E-state index contributed by atoms with van der Waals surface area (Å²) in [6.07, 6.45) is -5.46. The molecule has 0 aliphatic heterocycles. The van der Waals surface area contributed by atoms with Crippen LogP contribution in [0.15, 0.2) is 12.1 Å². The third-order valence-corrected chi connectivity index (χ3v) is 2.16. The van der Waals surface area contributed by atoms with Gasteiger partial charge < -0.3 is 0 Å². The first-order valence-electron chi connectivity index (χ1n) is 3.73. The summed E-state index contributed by atoms with van der Waals surface area (Å²) in [5, 5.41) is 8.21. The van der Waals surface area contributed by atoms with Gasteiger partial charge in [-0.1, -0.05) is 23.2 Å². The van der Waals surface area contributed by atoms with E-state index in [9.17, 15) is 13.2 Å². The minimum Gasteiger partial charge on any atom is -0.171 e. The van der Waals surface area contributed by atoms with Crippen molar-refractivity contribution in [2.24, 2.45) is 0 Å². The van der Waals surface area contributed by atoms with E-state index in [-0.39, 0.29) is 21.3 Å². The van der Waals surface area contributed by atoms with Gasteiger partial charge in [-0.05, 0) is 17.7 Å². The third kappa shape index (κ3) is 3.26. The van der Waals surface area contributed by atoms with Crippen LogP contribution in [0.3, 0.4) is 0 Å². The Morgan fingerprint density at radius 1 is 1.20 bits per heavy atom. The zero-order valence-corrected chi connectivity index (χ0v) is 8.66. The van der Waals surface area contributed by atoms with Crippen molar-refractivity contribution in [1.29, 1.82) is 5.39 Å². The molecule has 0 heterocycles. The maximum Gasteiger partial charge on any atom is 0.421 e. The quantitative estimate of drug-likeness (QED) is 0.675. The minimum absolute atomic E-state index is 0.0788. The Morgan fingerprint density at radius 2 is 1.67 bits per heavy atom. The van der Waals surface area contributed by atoms with Crippen LogP contribution in [0.4, 0.5) is 18.9 Å². The van der Waals surface area contributed by atoms with E-state index < -0.39 is 12.6 Å². The van der Waals surface area contributed by atoms with Gasteiger partial charge in [-0.2, -0.15) is 13.2 Å². The second-order valence-corrected chi connectivity index (χ2v) is 3.61. The molecule has 15 heavy (non-hydrogen) atoms. The van der Waals surface area contributed by atoms with Crippen LogP contribution in [0.2, 0.25) is 10.0 Å². The molecule has 0 N–H and O–H groups in total. The van der Waals surface area contributed by atoms with Crippen LogP contribution < -0.4 is 0 Å². The van der Waals surface area contributed by atoms with E-state index in [1.165, 1.54) is 0 Å². The summed E-state index contributed by atoms with van der Waals surface area (Å²) in [4.78, 5) is 2.76. The molecule has 7 heteroatoms. The van der Waals surface area contributed by atoms with Gasteiger partial charge in [0.1, 0.15) is 10.0 Å². The summed E-state index contributed by atoms with van der Waals surface area (Å²) in [6, 6.07) is 2.13. The molecule has 1 rings (SSSR count). The SMILES string of the molecule is N#[N+]c1c(Cl)cc(CC(F)(F)F)cc1Cl. The highest BCUT2D eigenvalue weighted by molar-refractivity contribution is 6.39. The Balaban J connectivity index is 3.11. The highest BCUT2D eigenvalue weighted by Crippen LogP contribution is 2.35. The average Bonchev–Trinajstić information content (AvgIpc) is 1.99. The minimum atomic E-state index is -4.33. The van der Waals surface area contributed by atoms with E-state index in [1.807, 2.05) is 0 Å². The molecule has 0 saturated heterocycles. The van der Waals surface area contributed by atoms with Gasteiger partial charge in [0.2, 0.25) is 5.39 Å². The number of benzene rings is 1. The summed E-state index contributed by atoms with van der Waals surface area (Å²) in [5.74, 6) is 0. The molecule has 1 aromatic rings. The van der Waals surface area contributed by atoms with Crippen molar-refractivity contribution in [3.63, 3.8) is 0 Å². The number of diazo groups is 1. The predicted molar refractivity (Wildman–Crippen MR) is 51.0 cm³/mol. The maximum atomic E-state index is 12.0. The Labute approximate surface area is 93.2 Å². The molecule has 0 unspecified atom stereocenters. The first-order valence-corrected chi connectivity index (χ1v) is 4.49. The largest absolute Gasteiger partial charge is 0.421 e. The third-order valence-electron chi connectivity index (χ3n) is 1.58. The second kappa shape index (κ2) is 4.25. The van der Waals surface area contributed by atoms with E-state index >= 15 is 0 Å². The molecule has 0 aliphatic carbocycles. The molecule has 0 saturated carbocycles. The normalized spacial score (nSPS) is 11.2. The van der Waals surface area contributed by atoms with Crippen molar-refractivity contribution < 1.29 is 13.2 Å². The van der Waals surface area contributed by atoms with Crippen LogP contribution in [0.25, 0.3) is 4.98 Å². The number of halogens is 5. The number of hydrogen-bond donors (Lipinski definition) is 0. The lowest BCUT2D eigenvalue weighted by molar-refractivity contribution is -0.127. The van der Waals surface area contributed by atoms with Gasteiger partial charge in [0.05, 0.1) is 6.42 Å². The number of hydrogen-bond acceptors (Lipinski definition) is 1. The number of rotatable bonds is 1. The van der Waals surface area contributed by atoms with E-state index in [2.05, 4.69) is 4.98 Å². The fraction of sp³-hybridized carbons (Fsp3) is 0.250. The molecule has 0 bridgehead atoms. The van der Waals surface area contributed by atoms with Gasteiger partial charge in [0.15, 0.2) is 4.98 Å². The first kappa shape index (κ1) is 12.1. The van der Waals surface area contributed by atoms with Crippen LogP contribution >= 0.6 is 23.2 Å². The Kier molecular flexibility index (Phi) is 3.42. The van der Waals surface area contributed by atoms with Crippen molar-refractivity contribution in [3.05, 3.63) is 32.7 Å². The molecule has 80 valence electrons. The van der Waals surface area contributed by atoms with Crippen LogP contribution in [-0.2, 0) is 6.42 Å². The lowest BCUT2D eigenvalue weighted by atomic mass is 10.1. The van der Waals surface area contributed by atoms with Crippen molar-refractivity contribution in [1.82, 2.24) is 0 Å². The van der Waals surface area contributed by atoms with Gasteiger partial charge in [-0.3, -0.25) is 0 Å². The van der Waals surface area contributed by atoms with Crippen molar-refractivity contribution in [2.45, 2.75) is 12.6 Å². The van der Waals surface area contributed by atoms with Crippen molar-refractivity contribution in [3.8, 4) is 0 Å². The van der Waals surface area contributed by atoms with Gasteiger partial charge in [0, 0.05) is 0 Å². The number of nitrogens with zero attached hydrogens (tertiary/aromatic N) is 2. The Hall–Kier alpha value is -0.990. The van der Waals surface area contributed by atoms with Crippen LogP contribution in [0, 0.1) is 5.39 Å². The molecule has 2 nitrogen and oxygen atoms in total. The van der Waals surface area contributed by atoms with E-state index in [0.29, 0.717) is 0 Å². The molecule has 0 radical (unpaired) electrons. The van der Waals surface area contributed by atoms with Crippen molar-refractivity contribution in [2.75, 3.05) is 0 Å². The summed E-state index contributed by atoms with van der Waals surface area (Å²) >= 11 is 11.1. The molecule has 0 amide bonds. The molecular formula is C8H4Cl2F3N2+. The first-order chi connectivity index (χ1) is 6.83. The molecule has 0 fully saturated rings. The van der Waals surface area contributed by atoms with E-state index in [1.54, 1.807) is 0 Å². The second-order valence-electron chi connectivity index (χ2n) is 2.80. The fourth-order valence-corrected chi connectivity index (χ4v) is 1.65. The lowest BCUT2D eigenvalue weighted by Gasteiger charge is -2.05. The lowest BCUT2D eigenvalue weighted by Crippen LogP contribution is -2.11. The standard InChI is InChI=1S/C8H4Cl2F3N2/c9-5-1-4(3-8(11,12)13)2-6(10)7(5)15-14/h1-2H,3H2/q+1. The fourth-order valence-electron chi connectivity index (χ4n) is 1.05.